The summed E-state index contributed by atoms with van der Waals surface area (Å²) in [6.07, 6.45) is 50.5. The predicted molar refractivity (Wildman–Crippen MR) is 318 cm³/mol. The molecule has 2 saturated heterocycles. The van der Waals surface area contributed by atoms with E-state index in [1.807, 2.05) is 6.08 Å². The number of hydrogen-bond donors (Lipinski definition) is 9. The molecule has 0 radical (unpaired) electrons. The topological polar surface area (TPSA) is 228 Å². The molecule has 2 aliphatic heterocycles. The van der Waals surface area contributed by atoms with Gasteiger partial charge in [0.1, 0.15) is 48.8 Å². The summed E-state index contributed by atoms with van der Waals surface area (Å²) >= 11 is 0. The van der Waals surface area contributed by atoms with Crippen molar-refractivity contribution in [3.63, 3.8) is 0 Å². The van der Waals surface area contributed by atoms with Crippen molar-refractivity contribution >= 4 is 5.91 Å². The number of allylic oxidation sites excluding steroid dienone is 13. The van der Waals surface area contributed by atoms with Gasteiger partial charge in [0.2, 0.25) is 5.91 Å². The SMILES string of the molecule is CC/C=C\C/C=C\C/C=C\C/C=C\CCCCCCCCCCC(=O)NC(COC1OC(CO)C(OC2OC(CO)C(O)C(O)C2O)C(O)C1O)C(O)/C=C/CC/C=C/CC/C=C/CCCCCCCCCCCCCCCC. The van der Waals surface area contributed by atoms with Crippen molar-refractivity contribution in [3.8, 4) is 0 Å². The maximum absolute atomic E-state index is 13.3. The number of rotatable bonds is 49. The molecule has 0 bridgehead atoms. The van der Waals surface area contributed by atoms with Crippen molar-refractivity contribution in [2.75, 3.05) is 19.8 Å². The third-order valence-corrected chi connectivity index (χ3v) is 14.8. The van der Waals surface area contributed by atoms with Crippen LogP contribution in [0.3, 0.4) is 0 Å². The van der Waals surface area contributed by atoms with Crippen molar-refractivity contribution in [1.29, 1.82) is 0 Å². The number of aliphatic hydroxyl groups excluding tert-OH is 8. The van der Waals surface area contributed by atoms with Crippen LogP contribution < -0.4 is 5.32 Å². The van der Waals surface area contributed by atoms with Crippen molar-refractivity contribution in [2.45, 2.75) is 299 Å². The Morgan fingerprint density at radius 1 is 0.468 bits per heavy atom. The number of ether oxygens (including phenoxy) is 4. The van der Waals surface area contributed by atoms with Gasteiger partial charge in [0.25, 0.3) is 0 Å². The molecule has 0 aromatic heterocycles. The van der Waals surface area contributed by atoms with E-state index < -0.39 is 86.8 Å². The molecule has 12 atom stereocenters. The van der Waals surface area contributed by atoms with E-state index in [1.54, 1.807) is 6.08 Å². The normalized spacial score (nSPS) is 25.0. The van der Waals surface area contributed by atoms with E-state index in [-0.39, 0.29) is 18.9 Å². The summed E-state index contributed by atoms with van der Waals surface area (Å²) in [4.78, 5) is 13.3. The molecule has 0 aromatic rings. The lowest BCUT2D eigenvalue weighted by Gasteiger charge is -2.46. The largest absolute Gasteiger partial charge is 0.394 e. The van der Waals surface area contributed by atoms with Gasteiger partial charge in [-0.25, -0.2) is 0 Å². The van der Waals surface area contributed by atoms with Crippen LogP contribution in [0.1, 0.15) is 226 Å². The third-order valence-electron chi connectivity index (χ3n) is 14.8. The van der Waals surface area contributed by atoms with Crippen LogP contribution in [-0.4, -0.2) is 140 Å². The summed E-state index contributed by atoms with van der Waals surface area (Å²) in [6, 6.07) is -0.948. The average molecular weight is 1120 g/mol. The van der Waals surface area contributed by atoms with Crippen LogP contribution in [-0.2, 0) is 23.7 Å². The minimum absolute atomic E-state index is 0.256. The van der Waals surface area contributed by atoms with Gasteiger partial charge in [-0.3, -0.25) is 4.79 Å². The number of carbonyl (C=O) groups is 1. The van der Waals surface area contributed by atoms with E-state index in [1.165, 1.54) is 109 Å². The average Bonchev–Trinajstić information content (AvgIpc) is 3.47. The first kappa shape index (κ1) is 72.3. The summed E-state index contributed by atoms with van der Waals surface area (Å²) in [5.74, 6) is -0.264. The molecular weight excluding hydrogens is 1000 g/mol. The lowest BCUT2D eigenvalue weighted by Crippen LogP contribution is -2.65. The van der Waals surface area contributed by atoms with Crippen molar-refractivity contribution in [3.05, 3.63) is 85.1 Å². The summed E-state index contributed by atoms with van der Waals surface area (Å²) in [5, 5.41) is 87.2. The molecule has 14 heteroatoms. The Hall–Kier alpha value is -2.83. The van der Waals surface area contributed by atoms with Crippen LogP contribution in [0.4, 0.5) is 0 Å². The fourth-order valence-electron chi connectivity index (χ4n) is 9.78. The molecule has 0 aliphatic carbocycles. The van der Waals surface area contributed by atoms with Gasteiger partial charge in [-0.15, -0.1) is 0 Å². The number of carbonyl (C=O) groups excluding carboxylic acids is 1. The number of hydrogen-bond acceptors (Lipinski definition) is 13. The molecule has 0 aromatic carbocycles. The summed E-state index contributed by atoms with van der Waals surface area (Å²) in [5.41, 5.74) is 0. The van der Waals surface area contributed by atoms with Gasteiger partial charge in [-0.2, -0.15) is 0 Å². The van der Waals surface area contributed by atoms with Crippen LogP contribution in [0.5, 0.6) is 0 Å². The molecule has 2 rings (SSSR count). The lowest BCUT2D eigenvalue weighted by molar-refractivity contribution is -0.359. The zero-order chi connectivity index (χ0) is 57.4. The molecular formula is C65H113NO13. The second-order valence-electron chi connectivity index (χ2n) is 21.8. The second-order valence-corrected chi connectivity index (χ2v) is 21.8. The maximum Gasteiger partial charge on any atom is 0.220 e. The second kappa shape index (κ2) is 49.8. The molecule has 456 valence electrons. The first-order chi connectivity index (χ1) is 38.6. The molecule has 79 heavy (non-hydrogen) atoms. The van der Waals surface area contributed by atoms with Crippen LogP contribution in [0.15, 0.2) is 85.1 Å². The fourth-order valence-corrected chi connectivity index (χ4v) is 9.78. The highest BCUT2D eigenvalue weighted by Gasteiger charge is 2.51. The molecule has 2 fully saturated rings. The Balaban J connectivity index is 1.78. The van der Waals surface area contributed by atoms with Gasteiger partial charge in [0.15, 0.2) is 12.6 Å². The van der Waals surface area contributed by atoms with Crippen LogP contribution >= 0.6 is 0 Å². The van der Waals surface area contributed by atoms with Gasteiger partial charge in [-0.05, 0) is 83.5 Å². The molecule has 12 unspecified atom stereocenters. The van der Waals surface area contributed by atoms with Crippen molar-refractivity contribution in [1.82, 2.24) is 5.32 Å². The zero-order valence-corrected chi connectivity index (χ0v) is 49.1. The summed E-state index contributed by atoms with van der Waals surface area (Å²) < 4.78 is 22.8. The van der Waals surface area contributed by atoms with E-state index in [0.717, 1.165) is 83.5 Å². The van der Waals surface area contributed by atoms with Crippen molar-refractivity contribution < 1.29 is 64.6 Å². The van der Waals surface area contributed by atoms with E-state index in [4.69, 9.17) is 18.9 Å². The first-order valence-corrected chi connectivity index (χ1v) is 31.3. The number of unbranched alkanes of at least 4 members (excludes halogenated alkanes) is 24. The van der Waals surface area contributed by atoms with Gasteiger partial charge >= 0.3 is 0 Å². The van der Waals surface area contributed by atoms with E-state index in [0.29, 0.717) is 12.8 Å². The van der Waals surface area contributed by atoms with Gasteiger partial charge in [-0.1, -0.05) is 221 Å². The van der Waals surface area contributed by atoms with Crippen LogP contribution in [0.2, 0.25) is 0 Å². The third kappa shape index (κ3) is 35.0. The Kier molecular flexibility index (Phi) is 45.5. The Bertz CT molecular complexity index is 1650. The summed E-state index contributed by atoms with van der Waals surface area (Å²) in [7, 11) is 0. The van der Waals surface area contributed by atoms with Crippen LogP contribution in [0.25, 0.3) is 0 Å². The number of nitrogens with one attached hydrogen (secondary N) is 1. The van der Waals surface area contributed by atoms with E-state index in [2.05, 4.69) is 92.1 Å². The van der Waals surface area contributed by atoms with E-state index >= 15 is 0 Å². The number of amides is 1. The standard InChI is InChI=1S/C65H113NO13/c1-3-5-7-9-11-13-15-17-19-21-23-25-26-27-29-30-32-34-36-38-40-42-44-46-48-54(69)53(52-76-64-62(75)60(73)63(56(51-68)78-64)79-65-61(74)59(72)58(71)55(50-67)77-65)66-57(70)49-47-45-43-41-39-37-35-33-31-28-24-22-20-18-16-14-12-10-8-6-4-2/h6,8,12,14,18,20,24,28,30,32,38,40,46,48,53-56,58-65,67-69,71-75H,3-5,7,9-11,13,15-17,19,21-23,25-27,29,31,33-37,39,41-45,47,49-52H2,1-2H3,(H,66,70)/b8-6-,14-12-,20-18-,28-24-,32-30+,40-38+,48-46+. The van der Waals surface area contributed by atoms with Gasteiger partial charge < -0.3 is 65.1 Å². The molecule has 2 aliphatic rings. The predicted octanol–water partition coefficient (Wildman–Crippen LogP) is 11.3. The fraction of sp³-hybridized carbons (Fsp3) is 0.769. The van der Waals surface area contributed by atoms with E-state index in [9.17, 15) is 45.6 Å². The van der Waals surface area contributed by atoms with Gasteiger partial charge in [0, 0.05) is 6.42 Å². The van der Waals surface area contributed by atoms with Gasteiger partial charge in [0.05, 0.1) is 32.0 Å². The van der Waals surface area contributed by atoms with Crippen molar-refractivity contribution in [2.24, 2.45) is 0 Å². The smallest absolute Gasteiger partial charge is 0.220 e. The molecule has 1 amide bonds. The van der Waals surface area contributed by atoms with Crippen LogP contribution in [0, 0.1) is 0 Å². The molecule has 0 spiro atoms. The first-order valence-electron chi connectivity index (χ1n) is 31.3. The zero-order valence-electron chi connectivity index (χ0n) is 49.1. The molecule has 0 saturated carbocycles. The minimum Gasteiger partial charge on any atom is -0.394 e. The quantitative estimate of drug-likeness (QED) is 0.0204. The monoisotopic (exact) mass is 1120 g/mol. The lowest BCUT2D eigenvalue weighted by atomic mass is 9.97. The highest BCUT2D eigenvalue weighted by molar-refractivity contribution is 5.76. The Morgan fingerprint density at radius 3 is 1.39 bits per heavy atom. The minimum atomic E-state index is -1.80. The Morgan fingerprint density at radius 2 is 0.886 bits per heavy atom. The Labute approximate surface area is 478 Å². The number of aliphatic hydroxyl groups is 8. The molecule has 9 N–H and O–H groups in total. The highest BCUT2D eigenvalue weighted by atomic mass is 16.7. The highest BCUT2D eigenvalue weighted by Crippen LogP contribution is 2.30. The molecule has 14 nitrogen and oxygen atoms in total. The summed E-state index contributed by atoms with van der Waals surface area (Å²) in [6.45, 7) is 2.66. The molecule has 2 heterocycles. The maximum atomic E-state index is 13.3.